The minimum atomic E-state index is -1.35. The first-order valence-electron chi connectivity index (χ1n) is 6.66. The Morgan fingerprint density at radius 3 is 2.12 bits per heavy atom. The second kappa shape index (κ2) is 18.6. The molecular weight excluding hydrogens is 358 g/mol. The van der Waals surface area contributed by atoms with E-state index in [4.69, 9.17) is 10.2 Å². The standard InChI is InChI=1S/C5H9N3O4.C5H9NO2.CH4O.CH4.2Na/c9-5(10)4-2-1-3-7(4)8(12)6-11;7-5(8)4-2-1-3-6-4;1-2;;;/h4,11H,1-3H2,(H,9,10);4,6H,1-3H2,(H,7,8);2H,1H3;1H4;;/q;;;;2*+1/p-2/b8-6-;;;;;. The molecule has 25 heavy (non-hydrogen) atoms. The number of hydrogen-bond donors (Lipinski definition) is 3. The summed E-state index contributed by atoms with van der Waals surface area (Å²) in [5.74, 6) is -2.07. The third kappa shape index (κ3) is 12.0. The van der Waals surface area contributed by atoms with Crippen LogP contribution < -0.4 is 69.5 Å². The average molecular weight is 382 g/mol. The van der Waals surface area contributed by atoms with Crippen molar-refractivity contribution in [2.45, 2.75) is 45.2 Å². The fraction of sp³-hybridized carbons (Fsp3) is 0.833. The van der Waals surface area contributed by atoms with Crippen molar-refractivity contribution in [3.05, 3.63) is 10.4 Å². The summed E-state index contributed by atoms with van der Waals surface area (Å²) < 4.78 is 0. The first kappa shape index (κ1) is 32.5. The summed E-state index contributed by atoms with van der Waals surface area (Å²) in [7, 11) is 1.00. The number of hydrazine groups is 1. The Kier molecular flexibility index (Phi) is 24.3. The molecule has 2 aliphatic rings. The van der Waals surface area contributed by atoms with Gasteiger partial charge in [-0.05, 0) is 37.5 Å². The maximum atomic E-state index is 10.6. The van der Waals surface area contributed by atoms with Gasteiger partial charge in [0.25, 0.3) is 0 Å². The van der Waals surface area contributed by atoms with Crippen molar-refractivity contribution in [1.29, 1.82) is 0 Å². The third-order valence-corrected chi connectivity index (χ3v) is 3.14. The monoisotopic (exact) mass is 382 g/mol. The van der Waals surface area contributed by atoms with Crippen molar-refractivity contribution in [2.24, 2.45) is 5.28 Å². The maximum Gasteiger partial charge on any atom is 1.00 e. The molecule has 0 radical (unpaired) electrons. The summed E-state index contributed by atoms with van der Waals surface area (Å²) in [6, 6.07) is -1.28. The van der Waals surface area contributed by atoms with E-state index in [1.807, 2.05) is 0 Å². The van der Waals surface area contributed by atoms with Crippen LogP contribution in [-0.4, -0.2) is 64.4 Å². The van der Waals surface area contributed by atoms with Gasteiger partial charge in [0.2, 0.25) is 0 Å². The number of aliphatic hydroxyl groups is 1. The van der Waals surface area contributed by atoms with Crippen molar-refractivity contribution in [3.8, 4) is 0 Å². The normalized spacial score (nSPS) is 21.0. The van der Waals surface area contributed by atoms with Crippen LogP contribution in [0.1, 0.15) is 33.1 Å². The van der Waals surface area contributed by atoms with Gasteiger partial charge in [0, 0.05) is 12.1 Å². The SMILES string of the molecule is C.CO.O=C(O)C1CCCN1.O=C([O-])C1CCCN1/[N+]([O-])=N/[O-].[Na+].[Na+]. The molecule has 13 heteroatoms. The molecule has 2 saturated heterocycles. The number of nitrogens with one attached hydrogen (secondary N) is 1. The molecule has 2 aliphatic heterocycles. The van der Waals surface area contributed by atoms with Crippen LogP contribution in [0.2, 0.25) is 0 Å². The molecule has 11 nitrogen and oxygen atoms in total. The Morgan fingerprint density at radius 1 is 1.24 bits per heavy atom. The van der Waals surface area contributed by atoms with Gasteiger partial charge in [-0.3, -0.25) is 4.79 Å². The van der Waals surface area contributed by atoms with Crippen LogP contribution >= 0.6 is 0 Å². The summed E-state index contributed by atoms with van der Waals surface area (Å²) in [5, 5.41) is 51.8. The van der Waals surface area contributed by atoms with Crippen LogP contribution in [0.25, 0.3) is 0 Å². The summed E-state index contributed by atoms with van der Waals surface area (Å²) >= 11 is 0. The van der Waals surface area contributed by atoms with E-state index >= 15 is 0 Å². The van der Waals surface area contributed by atoms with E-state index in [0.29, 0.717) is 12.8 Å². The fourth-order valence-electron chi connectivity index (χ4n) is 2.14. The molecule has 0 spiro atoms. The van der Waals surface area contributed by atoms with E-state index in [2.05, 4.69) is 10.6 Å². The van der Waals surface area contributed by atoms with Crippen LogP contribution in [-0.2, 0) is 9.59 Å². The molecule has 0 aromatic heterocycles. The van der Waals surface area contributed by atoms with Crippen LogP contribution in [0, 0.1) is 10.4 Å². The fourth-order valence-corrected chi connectivity index (χ4v) is 2.14. The number of carbonyl (C=O) groups excluding carboxylic acids is 1. The van der Waals surface area contributed by atoms with Gasteiger partial charge in [-0.1, -0.05) is 7.43 Å². The van der Waals surface area contributed by atoms with Crippen LogP contribution in [0.5, 0.6) is 0 Å². The van der Waals surface area contributed by atoms with Gasteiger partial charge in [-0.25, -0.2) is 0 Å². The molecule has 2 atom stereocenters. The zero-order valence-corrected chi connectivity index (χ0v) is 18.2. The summed E-state index contributed by atoms with van der Waals surface area (Å²) in [4.78, 5) is 20.3. The molecule has 0 saturated carbocycles. The average Bonchev–Trinajstić information content (AvgIpc) is 3.20. The van der Waals surface area contributed by atoms with Gasteiger partial charge >= 0.3 is 65.1 Å². The molecule has 2 heterocycles. The van der Waals surface area contributed by atoms with Crippen LogP contribution in [0.15, 0.2) is 5.28 Å². The molecule has 2 fully saturated rings. The van der Waals surface area contributed by atoms with Crippen molar-refractivity contribution < 1.29 is 89.0 Å². The molecule has 0 bridgehead atoms. The van der Waals surface area contributed by atoms with Gasteiger partial charge in [0.1, 0.15) is 12.1 Å². The molecule has 0 aromatic rings. The Labute approximate surface area is 191 Å². The van der Waals surface area contributed by atoms with Crippen LogP contribution in [0.4, 0.5) is 0 Å². The second-order valence-electron chi connectivity index (χ2n) is 4.46. The van der Waals surface area contributed by atoms with E-state index in [9.17, 15) is 25.1 Å². The maximum absolute atomic E-state index is 10.6. The Hall–Kier alpha value is -0.140. The third-order valence-electron chi connectivity index (χ3n) is 3.14. The van der Waals surface area contributed by atoms with E-state index in [1.54, 1.807) is 0 Å². The summed E-state index contributed by atoms with van der Waals surface area (Å²) in [5.41, 5.74) is 0. The molecule has 0 aromatic carbocycles. The van der Waals surface area contributed by atoms with Crippen molar-refractivity contribution in [3.63, 3.8) is 0 Å². The van der Waals surface area contributed by atoms with E-state index in [0.717, 1.165) is 31.5 Å². The van der Waals surface area contributed by atoms with Crippen molar-refractivity contribution >= 4 is 11.9 Å². The zero-order valence-electron chi connectivity index (χ0n) is 14.2. The quantitative estimate of drug-likeness (QED) is 0.185. The van der Waals surface area contributed by atoms with E-state index in [-0.39, 0.29) is 84.1 Å². The molecule has 0 amide bonds. The zero-order chi connectivity index (χ0) is 17.1. The summed E-state index contributed by atoms with van der Waals surface area (Å²) in [6.45, 7) is 1.09. The Bertz CT molecular complexity index is 396. The first-order valence-corrected chi connectivity index (χ1v) is 6.66. The van der Waals surface area contributed by atoms with Gasteiger partial charge in [-0.2, -0.15) is 0 Å². The summed E-state index contributed by atoms with van der Waals surface area (Å²) in [6.07, 6.45) is 2.65. The van der Waals surface area contributed by atoms with Crippen molar-refractivity contribution in [1.82, 2.24) is 10.3 Å². The van der Waals surface area contributed by atoms with Gasteiger partial charge in [0.15, 0.2) is 0 Å². The number of carboxylic acids is 2. The molecule has 3 N–H and O–H groups in total. The number of carboxylic acid groups (broad SMARTS) is 2. The van der Waals surface area contributed by atoms with Gasteiger partial charge in [-0.15, -0.1) is 5.01 Å². The van der Waals surface area contributed by atoms with Crippen LogP contribution in [0.3, 0.4) is 0 Å². The number of carbonyl (C=O) groups is 2. The van der Waals surface area contributed by atoms with E-state index in [1.165, 1.54) is 0 Å². The molecule has 2 rings (SSSR count). The number of rotatable bonds is 3. The second-order valence-corrected chi connectivity index (χ2v) is 4.46. The first-order chi connectivity index (χ1) is 10.5. The molecule has 0 aliphatic carbocycles. The number of hydrogen-bond acceptors (Lipinski definition) is 8. The molecular formula is C12H24N4Na2O7. The van der Waals surface area contributed by atoms with Gasteiger partial charge < -0.3 is 35.8 Å². The smallest absolute Gasteiger partial charge is 0.737 e. The van der Waals surface area contributed by atoms with Gasteiger partial charge in [0.05, 0.1) is 12.5 Å². The number of aliphatic carboxylic acids is 2. The topological polar surface area (TPSA) is 174 Å². The Morgan fingerprint density at radius 2 is 1.80 bits per heavy atom. The minimum Gasteiger partial charge on any atom is -0.737 e. The predicted molar refractivity (Wildman–Crippen MR) is 77.7 cm³/mol. The van der Waals surface area contributed by atoms with E-state index < -0.39 is 18.0 Å². The largest absolute Gasteiger partial charge is 1.00 e. The Balaban J connectivity index is -0.000000151. The predicted octanol–water partition coefficient (Wildman–Crippen LogP) is -7.35. The molecule has 2 unspecified atom stereocenters. The number of aliphatic hydroxyl groups excluding tert-OH is 1. The number of nitrogens with zero attached hydrogens (tertiary/aromatic N) is 3. The minimum absolute atomic E-state index is 0. The molecule has 136 valence electrons. The van der Waals surface area contributed by atoms with Crippen molar-refractivity contribution in [2.75, 3.05) is 20.2 Å².